The lowest BCUT2D eigenvalue weighted by Gasteiger charge is -2.07. The number of alkyl halides is 3. The fraction of sp³-hybridized carbons (Fsp3) is 0.286. The SMILES string of the molecule is O=C(NOCC(F)(F)F)c1csc(Br)c1. The second-order valence-corrected chi connectivity index (χ2v) is 4.77. The van der Waals surface area contributed by atoms with E-state index in [2.05, 4.69) is 20.8 Å². The molecule has 15 heavy (non-hydrogen) atoms. The Morgan fingerprint density at radius 1 is 1.60 bits per heavy atom. The number of hydroxylamine groups is 1. The zero-order valence-corrected chi connectivity index (χ0v) is 9.50. The standard InChI is InChI=1S/C7H5BrF3NO2S/c8-5-1-4(2-15-5)6(13)12-14-3-7(9,10)11/h1-2H,3H2,(H,12,13). The number of carbonyl (C=O) groups excluding carboxylic acids is 1. The van der Waals surface area contributed by atoms with E-state index >= 15 is 0 Å². The summed E-state index contributed by atoms with van der Waals surface area (Å²) in [5.74, 6) is -0.707. The molecule has 3 nitrogen and oxygen atoms in total. The molecule has 1 aromatic rings. The molecule has 0 radical (unpaired) electrons. The predicted molar refractivity (Wildman–Crippen MR) is 51.5 cm³/mol. The Balaban J connectivity index is 2.37. The summed E-state index contributed by atoms with van der Waals surface area (Å²) in [5, 5.41) is 1.50. The highest BCUT2D eigenvalue weighted by Gasteiger charge is 2.28. The zero-order chi connectivity index (χ0) is 11.5. The normalized spacial score (nSPS) is 11.5. The van der Waals surface area contributed by atoms with Crippen LogP contribution in [0.4, 0.5) is 13.2 Å². The van der Waals surface area contributed by atoms with Crippen molar-refractivity contribution in [3.63, 3.8) is 0 Å². The Hall–Kier alpha value is -0.600. The molecule has 0 aliphatic carbocycles. The van der Waals surface area contributed by atoms with Crippen LogP contribution < -0.4 is 5.48 Å². The van der Waals surface area contributed by atoms with Crippen LogP contribution in [0.1, 0.15) is 10.4 Å². The first-order valence-electron chi connectivity index (χ1n) is 3.61. The van der Waals surface area contributed by atoms with Crippen molar-refractivity contribution < 1.29 is 22.8 Å². The largest absolute Gasteiger partial charge is 0.414 e. The minimum Gasteiger partial charge on any atom is -0.267 e. The van der Waals surface area contributed by atoms with Crippen LogP contribution in [0.15, 0.2) is 15.2 Å². The Kier molecular flexibility index (Phi) is 4.12. The van der Waals surface area contributed by atoms with Crippen molar-refractivity contribution in [2.24, 2.45) is 0 Å². The molecule has 1 rings (SSSR count). The van der Waals surface area contributed by atoms with Gasteiger partial charge in [0, 0.05) is 5.38 Å². The number of carbonyl (C=O) groups is 1. The second kappa shape index (κ2) is 4.95. The van der Waals surface area contributed by atoms with Gasteiger partial charge in [0.1, 0.15) is 0 Å². The fourth-order valence-electron chi connectivity index (χ4n) is 0.672. The third-order valence-electron chi connectivity index (χ3n) is 1.23. The van der Waals surface area contributed by atoms with Crippen LogP contribution in [0.2, 0.25) is 0 Å². The summed E-state index contributed by atoms with van der Waals surface area (Å²) in [4.78, 5) is 15.1. The highest BCUT2D eigenvalue weighted by Crippen LogP contribution is 2.20. The molecule has 0 aliphatic heterocycles. The smallest absolute Gasteiger partial charge is 0.267 e. The molecule has 0 saturated heterocycles. The molecule has 0 atom stereocenters. The highest BCUT2D eigenvalue weighted by molar-refractivity contribution is 9.11. The number of rotatable bonds is 3. The molecule has 0 saturated carbocycles. The van der Waals surface area contributed by atoms with Gasteiger partial charge in [-0.2, -0.15) is 13.2 Å². The Morgan fingerprint density at radius 3 is 2.73 bits per heavy atom. The van der Waals surface area contributed by atoms with Crippen LogP contribution >= 0.6 is 27.3 Å². The van der Waals surface area contributed by atoms with Crippen LogP contribution in [0, 0.1) is 0 Å². The summed E-state index contributed by atoms with van der Waals surface area (Å²) in [6.07, 6.45) is -4.46. The first-order chi connectivity index (χ1) is 6.88. The van der Waals surface area contributed by atoms with Crippen LogP contribution in [0.25, 0.3) is 0 Å². The molecule has 1 amide bonds. The molecule has 0 aliphatic rings. The molecular weight excluding hydrogens is 299 g/mol. The summed E-state index contributed by atoms with van der Waals surface area (Å²) in [7, 11) is 0. The molecule has 0 aromatic carbocycles. The minimum absolute atomic E-state index is 0.244. The average Bonchev–Trinajstić information content (AvgIpc) is 2.49. The number of amides is 1. The lowest BCUT2D eigenvalue weighted by Crippen LogP contribution is -2.29. The lowest BCUT2D eigenvalue weighted by molar-refractivity contribution is -0.184. The monoisotopic (exact) mass is 303 g/mol. The van der Waals surface area contributed by atoms with Gasteiger partial charge in [0.15, 0.2) is 6.61 Å². The molecule has 0 bridgehead atoms. The van der Waals surface area contributed by atoms with Gasteiger partial charge in [-0.05, 0) is 22.0 Å². The maximum Gasteiger partial charge on any atom is 0.414 e. The molecular formula is C7H5BrF3NO2S. The first kappa shape index (κ1) is 12.5. The van der Waals surface area contributed by atoms with Crippen LogP contribution in [-0.4, -0.2) is 18.7 Å². The highest BCUT2D eigenvalue weighted by atomic mass is 79.9. The number of halogens is 4. The molecule has 0 spiro atoms. The van der Waals surface area contributed by atoms with E-state index < -0.39 is 18.7 Å². The summed E-state index contributed by atoms with van der Waals surface area (Å²) in [6.45, 7) is -1.51. The number of hydrogen-bond donors (Lipinski definition) is 1. The van der Waals surface area contributed by atoms with Crippen molar-refractivity contribution in [1.82, 2.24) is 5.48 Å². The topological polar surface area (TPSA) is 38.3 Å². The van der Waals surface area contributed by atoms with E-state index in [4.69, 9.17) is 0 Å². The Bertz CT molecular complexity index is 352. The quantitative estimate of drug-likeness (QED) is 0.872. The van der Waals surface area contributed by atoms with Gasteiger partial charge in [-0.25, -0.2) is 5.48 Å². The van der Waals surface area contributed by atoms with E-state index in [-0.39, 0.29) is 5.56 Å². The van der Waals surface area contributed by atoms with E-state index in [9.17, 15) is 18.0 Å². The van der Waals surface area contributed by atoms with Crippen LogP contribution in [0.5, 0.6) is 0 Å². The van der Waals surface area contributed by atoms with Gasteiger partial charge >= 0.3 is 6.18 Å². The minimum atomic E-state index is -4.46. The number of nitrogens with one attached hydrogen (secondary N) is 1. The fourth-order valence-corrected chi connectivity index (χ4v) is 1.81. The summed E-state index contributed by atoms with van der Waals surface area (Å²) >= 11 is 4.37. The van der Waals surface area contributed by atoms with Crippen molar-refractivity contribution in [1.29, 1.82) is 0 Å². The maximum absolute atomic E-state index is 11.6. The van der Waals surface area contributed by atoms with Gasteiger partial charge < -0.3 is 0 Å². The van der Waals surface area contributed by atoms with Crippen molar-refractivity contribution in [3.05, 3.63) is 20.8 Å². The van der Waals surface area contributed by atoms with E-state index in [0.29, 0.717) is 3.79 Å². The van der Waals surface area contributed by atoms with Crippen molar-refractivity contribution >= 4 is 33.2 Å². The van der Waals surface area contributed by atoms with Gasteiger partial charge in [-0.3, -0.25) is 9.63 Å². The van der Waals surface area contributed by atoms with Gasteiger partial charge in [0.2, 0.25) is 0 Å². The van der Waals surface area contributed by atoms with Crippen molar-refractivity contribution in [2.75, 3.05) is 6.61 Å². The molecule has 1 N–H and O–H groups in total. The first-order valence-corrected chi connectivity index (χ1v) is 5.28. The maximum atomic E-state index is 11.6. The molecule has 0 unspecified atom stereocenters. The van der Waals surface area contributed by atoms with Gasteiger partial charge in [0.05, 0.1) is 9.35 Å². The molecule has 0 fully saturated rings. The van der Waals surface area contributed by atoms with Gasteiger partial charge in [-0.15, -0.1) is 11.3 Å². The Morgan fingerprint density at radius 2 is 2.27 bits per heavy atom. The molecule has 8 heteroatoms. The van der Waals surface area contributed by atoms with Crippen LogP contribution in [0.3, 0.4) is 0 Å². The summed E-state index contributed by atoms with van der Waals surface area (Å²) in [6, 6.07) is 1.48. The number of hydrogen-bond acceptors (Lipinski definition) is 3. The van der Waals surface area contributed by atoms with Gasteiger partial charge in [-0.1, -0.05) is 0 Å². The third kappa shape index (κ3) is 4.63. The van der Waals surface area contributed by atoms with Crippen LogP contribution in [-0.2, 0) is 4.84 Å². The number of thiophene rings is 1. The molecule has 84 valence electrons. The summed E-state index contributed by atoms with van der Waals surface area (Å²) < 4.78 is 35.6. The molecule has 1 heterocycles. The summed E-state index contributed by atoms with van der Waals surface area (Å²) in [5.41, 5.74) is 1.94. The Labute approximate surface area is 95.3 Å². The van der Waals surface area contributed by atoms with Crippen molar-refractivity contribution in [3.8, 4) is 0 Å². The predicted octanol–water partition coefficient (Wildman–Crippen LogP) is 2.73. The lowest BCUT2D eigenvalue weighted by atomic mass is 10.3. The average molecular weight is 304 g/mol. The van der Waals surface area contributed by atoms with E-state index in [1.165, 1.54) is 22.8 Å². The van der Waals surface area contributed by atoms with E-state index in [0.717, 1.165) is 0 Å². The van der Waals surface area contributed by atoms with Crippen molar-refractivity contribution in [2.45, 2.75) is 6.18 Å². The van der Waals surface area contributed by atoms with E-state index in [1.54, 1.807) is 5.48 Å². The van der Waals surface area contributed by atoms with E-state index in [1.807, 2.05) is 0 Å². The van der Waals surface area contributed by atoms with Gasteiger partial charge in [0.25, 0.3) is 5.91 Å². The third-order valence-corrected chi connectivity index (χ3v) is 2.73. The zero-order valence-electron chi connectivity index (χ0n) is 7.10. The second-order valence-electron chi connectivity index (χ2n) is 2.47. The molecule has 1 aromatic heterocycles.